The summed E-state index contributed by atoms with van der Waals surface area (Å²) < 4.78 is 4.76. The Morgan fingerprint density at radius 2 is 2.07 bits per heavy atom. The number of anilines is 1. The lowest BCUT2D eigenvalue weighted by Crippen LogP contribution is -2.14. The number of rotatable bonds is 2. The van der Waals surface area contributed by atoms with Crippen LogP contribution >= 0.6 is 0 Å². The van der Waals surface area contributed by atoms with Crippen molar-refractivity contribution in [2.24, 2.45) is 0 Å². The number of amides is 1. The van der Waals surface area contributed by atoms with Crippen molar-refractivity contribution < 1.29 is 14.6 Å². The molecule has 0 aliphatic carbocycles. The maximum Gasteiger partial charge on any atom is 0.411 e. The number of carbonyl (C=O) groups excluding carboxylic acids is 1. The molecule has 1 rings (SSSR count). The number of ether oxygens (including phenoxy) is 1. The van der Waals surface area contributed by atoms with Gasteiger partial charge in [0, 0.05) is 5.69 Å². The van der Waals surface area contributed by atoms with Gasteiger partial charge in [0.05, 0.1) is 6.61 Å². The summed E-state index contributed by atoms with van der Waals surface area (Å²) in [5.41, 5.74) is 2.17. The molecular formula is C11H15NO3. The third-order valence-electron chi connectivity index (χ3n) is 2.06. The van der Waals surface area contributed by atoms with Crippen molar-refractivity contribution in [3.63, 3.8) is 0 Å². The van der Waals surface area contributed by atoms with Gasteiger partial charge in [-0.2, -0.15) is 0 Å². The summed E-state index contributed by atoms with van der Waals surface area (Å²) in [6.07, 6.45) is -0.481. The molecule has 0 spiro atoms. The highest BCUT2D eigenvalue weighted by molar-refractivity contribution is 5.86. The van der Waals surface area contributed by atoms with E-state index in [1.54, 1.807) is 32.9 Å². The van der Waals surface area contributed by atoms with Crippen molar-refractivity contribution in [2.75, 3.05) is 11.9 Å². The van der Waals surface area contributed by atoms with Gasteiger partial charge in [0.15, 0.2) is 0 Å². The fourth-order valence-corrected chi connectivity index (χ4v) is 1.21. The Labute approximate surface area is 88.9 Å². The lowest BCUT2D eigenvalue weighted by atomic mass is 10.1. The van der Waals surface area contributed by atoms with Gasteiger partial charge in [-0.25, -0.2) is 4.79 Å². The summed E-state index contributed by atoms with van der Waals surface area (Å²) in [5.74, 6) is 0.224. The number of hydrogen-bond acceptors (Lipinski definition) is 3. The summed E-state index contributed by atoms with van der Waals surface area (Å²) in [5, 5.41) is 12.0. The first-order valence-electron chi connectivity index (χ1n) is 4.78. The van der Waals surface area contributed by atoms with Crippen LogP contribution in [0.1, 0.15) is 18.1 Å². The minimum Gasteiger partial charge on any atom is -0.508 e. The van der Waals surface area contributed by atoms with Crippen molar-refractivity contribution in [1.82, 2.24) is 0 Å². The molecule has 0 aromatic heterocycles. The Balaban J connectivity index is 2.86. The van der Waals surface area contributed by atoms with Crippen LogP contribution in [0, 0.1) is 13.8 Å². The molecular weight excluding hydrogens is 194 g/mol. The average Bonchev–Trinajstić information content (AvgIpc) is 2.14. The second kappa shape index (κ2) is 4.68. The van der Waals surface area contributed by atoms with Crippen LogP contribution in [0.5, 0.6) is 5.75 Å². The highest BCUT2D eigenvalue weighted by Gasteiger charge is 2.07. The van der Waals surface area contributed by atoms with E-state index in [9.17, 15) is 9.90 Å². The van der Waals surface area contributed by atoms with Crippen LogP contribution in [0.15, 0.2) is 12.1 Å². The van der Waals surface area contributed by atoms with E-state index in [4.69, 9.17) is 4.74 Å². The molecule has 0 saturated carbocycles. The maximum absolute atomic E-state index is 11.2. The smallest absolute Gasteiger partial charge is 0.411 e. The quantitative estimate of drug-likeness (QED) is 0.736. The van der Waals surface area contributed by atoms with Crippen LogP contribution in [0.3, 0.4) is 0 Å². The number of hydrogen-bond donors (Lipinski definition) is 2. The minimum atomic E-state index is -0.481. The van der Waals surface area contributed by atoms with E-state index in [0.717, 1.165) is 5.56 Å². The molecule has 0 saturated heterocycles. The zero-order chi connectivity index (χ0) is 11.4. The van der Waals surface area contributed by atoms with Gasteiger partial charge >= 0.3 is 6.09 Å². The maximum atomic E-state index is 11.2. The van der Waals surface area contributed by atoms with E-state index in [1.807, 2.05) is 0 Å². The molecule has 0 unspecified atom stereocenters. The SMILES string of the molecule is CCOC(=O)Nc1cc(C)c(O)cc1C. The number of phenols is 1. The van der Waals surface area contributed by atoms with Gasteiger partial charge < -0.3 is 9.84 Å². The Kier molecular flexibility index (Phi) is 3.55. The zero-order valence-electron chi connectivity index (χ0n) is 9.13. The summed E-state index contributed by atoms with van der Waals surface area (Å²) >= 11 is 0. The predicted octanol–water partition coefficient (Wildman–Crippen LogP) is 2.58. The van der Waals surface area contributed by atoms with Gasteiger partial charge in [0.25, 0.3) is 0 Å². The van der Waals surface area contributed by atoms with Crippen molar-refractivity contribution in [1.29, 1.82) is 0 Å². The summed E-state index contributed by atoms with van der Waals surface area (Å²) in [4.78, 5) is 11.2. The second-order valence-corrected chi connectivity index (χ2v) is 3.30. The number of phenolic OH excluding ortho intramolecular Hbond substituents is 1. The molecule has 1 aromatic rings. The Hall–Kier alpha value is -1.71. The van der Waals surface area contributed by atoms with Crippen molar-refractivity contribution >= 4 is 11.8 Å². The second-order valence-electron chi connectivity index (χ2n) is 3.30. The molecule has 0 fully saturated rings. The molecule has 1 aromatic carbocycles. The van der Waals surface area contributed by atoms with Gasteiger partial charge in [-0.05, 0) is 44.0 Å². The third-order valence-corrected chi connectivity index (χ3v) is 2.06. The van der Waals surface area contributed by atoms with E-state index in [0.29, 0.717) is 17.9 Å². The average molecular weight is 209 g/mol. The minimum absolute atomic E-state index is 0.224. The van der Waals surface area contributed by atoms with Crippen LogP contribution in [0.2, 0.25) is 0 Å². The summed E-state index contributed by atoms with van der Waals surface area (Å²) in [6, 6.07) is 3.32. The topological polar surface area (TPSA) is 58.6 Å². The van der Waals surface area contributed by atoms with E-state index in [2.05, 4.69) is 5.32 Å². The summed E-state index contributed by atoms with van der Waals surface area (Å²) in [7, 11) is 0. The molecule has 0 radical (unpaired) electrons. The molecule has 15 heavy (non-hydrogen) atoms. The van der Waals surface area contributed by atoms with Gasteiger partial charge in [0.1, 0.15) is 5.75 Å². The van der Waals surface area contributed by atoms with E-state index < -0.39 is 6.09 Å². The highest BCUT2D eigenvalue weighted by atomic mass is 16.5. The fourth-order valence-electron chi connectivity index (χ4n) is 1.21. The van der Waals surface area contributed by atoms with Crippen LogP contribution in [-0.2, 0) is 4.74 Å². The number of carbonyl (C=O) groups is 1. The largest absolute Gasteiger partial charge is 0.508 e. The van der Waals surface area contributed by atoms with Gasteiger partial charge in [-0.15, -0.1) is 0 Å². The Bertz CT molecular complexity index is 374. The normalized spacial score (nSPS) is 9.80. The zero-order valence-corrected chi connectivity index (χ0v) is 9.13. The molecule has 1 amide bonds. The molecule has 0 aliphatic heterocycles. The fraction of sp³-hybridized carbons (Fsp3) is 0.364. The molecule has 82 valence electrons. The molecule has 2 N–H and O–H groups in total. The summed E-state index contributed by atoms with van der Waals surface area (Å²) in [6.45, 7) is 5.66. The standard InChI is InChI=1S/C11H15NO3/c1-4-15-11(14)12-9-5-8(3)10(13)6-7(9)2/h5-6,13H,4H2,1-3H3,(H,12,14). The first kappa shape index (κ1) is 11.4. The number of aromatic hydroxyl groups is 1. The molecule has 4 heteroatoms. The lowest BCUT2D eigenvalue weighted by Gasteiger charge is -2.10. The predicted molar refractivity (Wildman–Crippen MR) is 58.2 cm³/mol. The lowest BCUT2D eigenvalue weighted by molar-refractivity contribution is 0.168. The van der Waals surface area contributed by atoms with Crippen molar-refractivity contribution in [3.8, 4) is 5.75 Å². The monoisotopic (exact) mass is 209 g/mol. The van der Waals surface area contributed by atoms with Crippen LogP contribution in [0.4, 0.5) is 10.5 Å². The Morgan fingerprint density at radius 1 is 1.40 bits per heavy atom. The van der Waals surface area contributed by atoms with Crippen LogP contribution in [-0.4, -0.2) is 17.8 Å². The van der Waals surface area contributed by atoms with Crippen molar-refractivity contribution in [2.45, 2.75) is 20.8 Å². The third kappa shape index (κ3) is 2.87. The van der Waals surface area contributed by atoms with E-state index in [1.165, 1.54) is 0 Å². The van der Waals surface area contributed by atoms with E-state index >= 15 is 0 Å². The van der Waals surface area contributed by atoms with E-state index in [-0.39, 0.29) is 5.75 Å². The number of benzene rings is 1. The van der Waals surface area contributed by atoms with Gasteiger partial charge in [-0.1, -0.05) is 0 Å². The van der Waals surface area contributed by atoms with Crippen molar-refractivity contribution in [3.05, 3.63) is 23.3 Å². The molecule has 0 heterocycles. The molecule has 0 atom stereocenters. The molecule has 0 bridgehead atoms. The van der Waals surface area contributed by atoms with Gasteiger partial charge in [-0.3, -0.25) is 5.32 Å². The van der Waals surface area contributed by atoms with Crippen LogP contribution in [0.25, 0.3) is 0 Å². The van der Waals surface area contributed by atoms with Crippen LogP contribution < -0.4 is 5.32 Å². The first-order chi connectivity index (χ1) is 7.04. The molecule has 4 nitrogen and oxygen atoms in total. The molecule has 0 aliphatic rings. The number of nitrogens with one attached hydrogen (secondary N) is 1. The first-order valence-corrected chi connectivity index (χ1v) is 4.78. The van der Waals surface area contributed by atoms with Gasteiger partial charge in [0.2, 0.25) is 0 Å². The number of aryl methyl sites for hydroxylation is 2. The Morgan fingerprint density at radius 3 is 2.67 bits per heavy atom. The highest BCUT2D eigenvalue weighted by Crippen LogP contribution is 2.24.